The number of benzene rings is 2. The molecule has 2 amide bonds. The van der Waals surface area contributed by atoms with Crippen molar-refractivity contribution in [1.29, 1.82) is 0 Å². The summed E-state index contributed by atoms with van der Waals surface area (Å²) in [5.41, 5.74) is 2.62. The maximum Gasteiger partial charge on any atom is 0.307 e. The van der Waals surface area contributed by atoms with Crippen LogP contribution >= 0.6 is 11.8 Å². The zero-order valence-electron chi connectivity index (χ0n) is 17.0. The number of fused-ring (bicyclic) bond motifs is 1. The van der Waals surface area contributed by atoms with Gasteiger partial charge in [-0.15, -0.1) is 16.8 Å². The van der Waals surface area contributed by atoms with E-state index in [2.05, 4.69) is 4.98 Å². The molecule has 0 saturated heterocycles. The fraction of sp³-hybridized carbons (Fsp3) is 0.167. The number of nitrogens with zero attached hydrogens (tertiary/aromatic N) is 2. The fourth-order valence-electron chi connectivity index (χ4n) is 3.32. The summed E-state index contributed by atoms with van der Waals surface area (Å²) in [6.45, 7) is -0.0661. The third-order valence-electron chi connectivity index (χ3n) is 5.10. The Bertz CT molecular complexity index is 1100. The van der Waals surface area contributed by atoms with Gasteiger partial charge >= 0.3 is 5.97 Å². The van der Waals surface area contributed by atoms with Gasteiger partial charge in [-0.1, -0.05) is 42.5 Å². The van der Waals surface area contributed by atoms with Gasteiger partial charge in [0.05, 0.1) is 23.7 Å². The number of carbonyl (C=O) groups excluding carboxylic acids is 2. The van der Waals surface area contributed by atoms with E-state index in [1.54, 1.807) is 0 Å². The van der Waals surface area contributed by atoms with Gasteiger partial charge in [0, 0.05) is 23.0 Å². The highest BCUT2D eigenvalue weighted by atomic mass is 32.2. The number of carboxylic acid groups (broad SMARTS) is 1. The van der Waals surface area contributed by atoms with Gasteiger partial charge in [0.2, 0.25) is 0 Å². The quantitative estimate of drug-likeness (QED) is 0.388. The van der Waals surface area contributed by atoms with E-state index in [4.69, 9.17) is 4.84 Å². The average molecular weight is 449 g/mol. The molecule has 162 valence electrons. The number of rotatable bonds is 9. The normalized spacial score (nSPS) is 13.8. The first-order chi connectivity index (χ1) is 15.5. The number of hydroxylamine groups is 2. The lowest BCUT2D eigenvalue weighted by molar-refractivity contribution is -0.143. The minimum absolute atomic E-state index is 0.0661. The summed E-state index contributed by atoms with van der Waals surface area (Å²) in [6.07, 6.45) is 2.91. The first kappa shape index (κ1) is 21.7. The summed E-state index contributed by atoms with van der Waals surface area (Å²) < 4.78 is 0. The molecule has 7 nitrogen and oxygen atoms in total. The summed E-state index contributed by atoms with van der Waals surface area (Å²) in [4.78, 5) is 46.4. The molecule has 1 unspecified atom stereocenters. The number of hydrogen-bond donors (Lipinski definition) is 1. The van der Waals surface area contributed by atoms with Crippen molar-refractivity contribution in [1.82, 2.24) is 10.0 Å². The number of aromatic nitrogens is 1. The zero-order chi connectivity index (χ0) is 22.5. The SMILES string of the molecule is O=C(O)C(CCON1C(=O)c2ccncc2C1=O)CSc1ccc(-c2ccccc2)cc1. The van der Waals surface area contributed by atoms with Crippen LogP contribution in [-0.4, -0.2) is 45.3 Å². The van der Waals surface area contributed by atoms with Crippen LogP contribution < -0.4 is 0 Å². The van der Waals surface area contributed by atoms with Gasteiger partial charge < -0.3 is 5.11 Å². The molecule has 2 heterocycles. The molecular formula is C24H20N2O5S. The molecule has 0 bridgehead atoms. The molecule has 0 spiro atoms. The van der Waals surface area contributed by atoms with Gasteiger partial charge in [-0.05, 0) is 35.7 Å². The Morgan fingerprint density at radius 3 is 2.34 bits per heavy atom. The summed E-state index contributed by atoms with van der Waals surface area (Å²) in [6, 6.07) is 19.4. The van der Waals surface area contributed by atoms with Crippen molar-refractivity contribution in [3.63, 3.8) is 0 Å². The molecule has 0 aliphatic carbocycles. The molecule has 2 aromatic carbocycles. The number of hydrogen-bond acceptors (Lipinski definition) is 6. The van der Waals surface area contributed by atoms with Crippen LogP contribution in [0.4, 0.5) is 0 Å². The minimum atomic E-state index is -0.950. The highest BCUT2D eigenvalue weighted by Gasteiger charge is 2.37. The number of aliphatic carboxylic acids is 1. The van der Waals surface area contributed by atoms with Gasteiger partial charge in [0.25, 0.3) is 11.8 Å². The highest BCUT2D eigenvalue weighted by molar-refractivity contribution is 7.99. The Morgan fingerprint density at radius 1 is 0.969 bits per heavy atom. The molecular weight excluding hydrogens is 428 g/mol. The van der Waals surface area contributed by atoms with Gasteiger partial charge in [0.1, 0.15) is 0 Å². The van der Waals surface area contributed by atoms with Crippen LogP contribution in [0.2, 0.25) is 0 Å². The molecule has 1 aliphatic heterocycles. The second-order valence-electron chi connectivity index (χ2n) is 7.18. The predicted molar refractivity (Wildman–Crippen MR) is 119 cm³/mol. The van der Waals surface area contributed by atoms with Crippen molar-refractivity contribution in [3.05, 3.63) is 84.2 Å². The van der Waals surface area contributed by atoms with E-state index in [9.17, 15) is 19.5 Å². The Balaban J connectivity index is 1.30. The lowest BCUT2D eigenvalue weighted by Crippen LogP contribution is -2.31. The molecule has 1 atom stereocenters. The highest BCUT2D eigenvalue weighted by Crippen LogP contribution is 2.27. The molecule has 0 saturated carbocycles. The van der Waals surface area contributed by atoms with Crippen LogP contribution in [-0.2, 0) is 9.63 Å². The van der Waals surface area contributed by atoms with Crippen molar-refractivity contribution in [3.8, 4) is 11.1 Å². The number of carboxylic acids is 1. The molecule has 1 aliphatic rings. The number of carbonyl (C=O) groups is 3. The summed E-state index contributed by atoms with van der Waals surface area (Å²) in [5, 5.41) is 10.2. The first-order valence-corrected chi connectivity index (χ1v) is 11.0. The Labute approximate surface area is 189 Å². The fourth-order valence-corrected chi connectivity index (χ4v) is 4.35. The first-order valence-electron chi connectivity index (χ1n) is 10.0. The van der Waals surface area contributed by atoms with Crippen LogP contribution in [0.5, 0.6) is 0 Å². The molecule has 8 heteroatoms. The molecule has 32 heavy (non-hydrogen) atoms. The van der Waals surface area contributed by atoms with Gasteiger partial charge in [-0.2, -0.15) is 0 Å². The van der Waals surface area contributed by atoms with E-state index in [0.29, 0.717) is 10.8 Å². The van der Waals surface area contributed by atoms with Crippen LogP contribution in [0, 0.1) is 5.92 Å². The Hall–Kier alpha value is -3.49. The van der Waals surface area contributed by atoms with Crippen LogP contribution in [0.25, 0.3) is 11.1 Å². The molecule has 4 rings (SSSR count). The smallest absolute Gasteiger partial charge is 0.307 e. The number of pyridine rings is 1. The second kappa shape index (κ2) is 9.76. The van der Waals surface area contributed by atoms with E-state index in [1.807, 2.05) is 54.6 Å². The van der Waals surface area contributed by atoms with E-state index in [1.165, 1.54) is 30.2 Å². The zero-order valence-corrected chi connectivity index (χ0v) is 17.8. The van der Waals surface area contributed by atoms with Crippen molar-refractivity contribution >= 4 is 29.5 Å². The van der Waals surface area contributed by atoms with E-state index < -0.39 is 23.7 Å². The van der Waals surface area contributed by atoms with Gasteiger partial charge in [-0.25, -0.2) is 0 Å². The topological polar surface area (TPSA) is 96.8 Å². The third-order valence-corrected chi connectivity index (χ3v) is 6.27. The maximum absolute atomic E-state index is 12.3. The van der Waals surface area contributed by atoms with Crippen molar-refractivity contribution in [2.75, 3.05) is 12.4 Å². The van der Waals surface area contributed by atoms with Crippen LogP contribution in [0.15, 0.2) is 78.0 Å². The van der Waals surface area contributed by atoms with E-state index >= 15 is 0 Å². The second-order valence-corrected chi connectivity index (χ2v) is 8.28. The molecule has 0 radical (unpaired) electrons. The summed E-state index contributed by atoms with van der Waals surface area (Å²) in [5.74, 6) is -2.45. The molecule has 0 fully saturated rings. The van der Waals surface area contributed by atoms with Crippen LogP contribution in [0.1, 0.15) is 27.1 Å². The van der Waals surface area contributed by atoms with Crippen molar-refractivity contribution < 1.29 is 24.3 Å². The van der Waals surface area contributed by atoms with Gasteiger partial charge in [0.15, 0.2) is 0 Å². The number of amides is 2. The Kier molecular flexibility index (Phi) is 6.63. The average Bonchev–Trinajstić information content (AvgIpc) is 3.07. The van der Waals surface area contributed by atoms with Crippen molar-refractivity contribution in [2.45, 2.75) is 11.3 Å². The van der Waals surface area contributed by atoms with Crippen molar-refractivity contribution in [2.24, 2.45) is 5.92 Å². The molecule has 3 aromatic rings. The Morgan fingerprint density at radius 2 is 1.66 bits per heavy atom. The van der Waals surface area contributed by atoms with E-state index in [-0.39, 0.29) is 24.2 Å². The lowest BCUT2D eigenvalue weighted by atomic mass is 10.1. The maximum atomic E-state index is 12.3. The summed E-state index contributed by atoms with van der Waals surface area (Å²) in [7, 11) is 0. The number of imide groups is 1. The number of thioether (sulfide) groups is 1. The lowest BCUT2D eigenvalue weighted by Gasteiger charge is -2.16. The third kappa shape index (κ3) is 4.71. The predicted octanol–water partition coefficient (Wildman–Crippen LogP) is 4.16. The standard InChI is InChI=1S/C24H20N2O5S/c27-22-20-10-12-25-14-21(20)23(28)26(22)31-13-11-18(24(29)30)15-32-19-8-6-17(7-9-19)16-4-2-1-3-5-16/h1-10,12,14,18H,11,13,15H2,(H,29,30). The molecule has 1 aromatic heterocycles. The molecule has 1 N–H and O–H groups in total. The van der Waals surface area contributed by atoms with Crippen LogP contribution in [0.3, 0.4) is 0 Å². The summed E-state index contributed by atoms with van der Waals surface area (Å²) >= 11 is 1.44. The monoisotopic (exact) mass is 448 g/mol. The minimum Gasteiger partial charge on any atom is -0.481 e. The largest absolute Gasteiger partial charge is 0.481 e. The van der Waals surface area contributed by atoms with Gasteiger partial charge in [-0.3, -0.25) is 24.2 Å². The van der Waals surface area contributed by atoms with E-state index in [0.717, 1.165) is 16.0 Å².